The van der Waals surface area contributed by atoms with Crippen molar-refractivity contribution < 1.29 is 18.1 Å². The first-order valence-corrected chi connectivity index (χ1v) is 9.11. The quantitative estimate of drug-likeness (QED) is 0.390. The number of nitro groups is 1. The Kier molecular flexibility index (Phi) is 7.40. The van der Waals surface area contributed by atoms with E-state index in [1.54, 1.807) is 19.1 Å². The lowest BCUT2D eigenvalue weighted by atomic mass is 10.2. The number of nitrogens with one attached hydrogen (secondary N) is 1. The van der Waals surface area contributed by atoms with Crippen molar-refractivity contribution >= 4 is 15.7 Å². The van der Waals surface area contributed by atoms with Crippen LogP contribution < -0.4 is 10.1 Å². The van der Waals surface area contributed by atoms with Gasteiger partial charge in [-0.15, -0.1) is 0 Å². The number of sulfonamides is 1. The van der Waals surface area contributed by atoms with Crippen LogP contribution in [0.4, 0.5) is 5.69 Å². The predicted molar refractivity (Wildman–Crippen MR) is 88.1 cm³/mol. The van der Waals surface area contributed by atoms with E-state index in [-0.39, 0.29) is 11.4 Å². The maximum absolute atomic E-state index is 11.4. The van der Waals surface area contributed by atoms with Crippen LogP contribution in [-0.4, -0.2) is 50.6 Å². The molecule has 0 saturated carbocycles. The standard InChI is InChI=1S/C14H23N3O5S/c1-4-16(23(3,20)21)9-5-8-15-11-12-6-7-14(22-2)13(10-12)17(18)19/h6-7,10,15H,4-5,8-9,11H2,1-3H3. The third-order valence-electron chi connectivity index (χ3n) is 3.35. The highest BCUT2D eigenvalue weighted by molar-refractivity contribution is 7.88. The summed E-state index contributed by atoms with van der Waals surface area (Å²) in [6.45, 7) is 3.78. The second-order valence-corrected chi connectivity index (χ2v) is 7.03. The van der Waals surface area contributed by atoms with Crippen molar-refractivity contribution in [3.8, 4) is 5.75 Å². The first kappa shape index (κ1) is 19.3. The summed E-state index contributed by atoms with van der Waals surface area (Å²) >= 11 is 0. The zero-order valence-electron chi connectivity index (χ0n) is 13.6. The molecule has 9 heteroatoms. The maximum Gasteiger partial charge on any atom is 0.311 e. The maximum atomic E-state index is 11.4. The lowest BCUT2D eigenvalue weighted by Gasteiger charge is -2.17. The van der Waals surface area contributed by atoms with Crippen molar-refractivity contribution in [2.45, 2.75) is 19.9 Å². The van der Waals surface area contributed by atoms with Gasteiger partial charge < -0.3 is 10.1 Å². The SMILES string of the molecule is CCN(CCCNCc1ccc(OC)c([N+](=O)[O-])c1)S(C)(=O)=O. The molecule has 0 spiro atoms. The van der Waals surface area contributed by atoms with Gasteiger partial charge in [0.2, 0.25) is 10.0 Å². The number of rotatable bonds is 10. The molecule has 8 nitrogen and oxygen atoms in total. The lowest BCUT2D eigenvalue weighted by molar-refractivity contribution is -0.385. The van der Waals surface area contributed by atoms with Crippen LogP contribution in [0.1, 0.15) is 18.9 Å². The van der Waals surface area contributed by atoms with Gasteiger partial charge in [-0.05, 0) is 24.6 Å². The molecule has 0 heterocycles. The monoisotopic (exact) mass is 345 g/mol. The largest absolute Gasteiger partial charge is 0.490 e. The molecule has 0 saturated heterocycles. The van der Waals surface area contributed by atoms with Gasteiger partial charge in [-0.25, -0.2) is 12.7 Å². The van der Waals surface area contributed by atoms with E-state index in [9.17, 15) is 18.5 Å². The van der Waals surface area contributed by atoms with Gasteiger partial charge in [0.1, 0.15) is 0 Å². The molecule has 0 aliphatic heterocycles. The molecule has 130 valence electrons. The Hall–Kier alpha value is -1.71. The minimum atomic E-state index is -3.16. The molecule has 0 radical (unpaired) electrons. The van der Waals surface area contributed by atoms with E-state index in [0.717, 1.165) is 5.56 Å². The van der Waals surface area contributed by atoms with E-state index in [4.69, 9.17) is 4.74 Å². The van der Waals surface area contributed by atoms with Crippen molar-refractivity contribution in [1.29, 1.82) is 0 Å². The minimum Gasteiger partial charge on any atom is -0.490 e. The highest BCUT2D eigenvalue weighted by atomic mass is 32.2. The number of nitrogens with zero attached hydrogens (tertiary/aromatic N) is 2. The minimum absolute atomic E-state index is 0.0685. The van der Waals surface area contributed by atoms with Crippen LogP contribution in [0.2, 0.25) is 0 Å². The normalized spacial score (nSPS) is 11.7. The molecule has 1 rings (SSSR count). The van der Waals surface area contributed by atoms with Gasteiger partial charge in [-0.3, -0.25) is 10.1 Å². The van der Waals surface area contributed by atoms with E-state index in [1.165, 1.54) is 23.7 Å². The fourth-order valence-electron chi connectivity index (χ4n) is 2.16. The Bertz CT molecular complexity index is 633. The Labute approximate surface area is 136 Å². The number of ether oxygens (including phenoxy) is 1. The van der Waals surface area contributed by atoms with Crippen molar-refractivity contribution in [1.82, 2.24) is 9.62 Å². The zero-order valence-corrected chi connectivity index (χ0v) is 14.4. The van der Waals surface area contributed by atoms with Gasteiger partial charge >= 0.3 is 5.69 Å². The number of methoxy groups -OCH3 is 1. The number of hydrogen-bond donors (Lipinski definition) is 1. The van der Waals surface area contributed by atoms with Gasteiger partial charge in [0.05, 0.1) is 18.3 Å². The van der Waals surface area contributed by atoms with Crippen LogP contribution in [-0.2, 0) is 16.6 Å². The number of benzene rings is 1. The van der Waals surface area contributed by atoms with Gasteiger partial charge in [0.25, 0.3) is 0 Å². The smallest absolute Gasteiger partial charge is 0.311 e. The van der Waals surface area contributed by atoms with Crippen molar-refractivity contribution in [3.63, 3.8) is 0 Å². The highest BCUT2D eigenvalue weighted by Crippen LogP contribution is 2.27. The molecule has 0 fully saturated rings. The zero-order chi connectivity index (χ0) is 17.5. The second kappa shape index (κ2) is 8.80. The summed E-state index contributed by atoms with van der Waals surface area (Å²) in [4.78, 5) is 10.5. The van der Waals surface area contributed by atoms with Crippen LogP contribution in [0.15, 0.2) is 18.2 Å². The van der Waals surface area contributed by atoms with E-state index in [0.29, 0.717) is 32.6 Å². The first-order valence-electron chi connectivity index (χ1n) is 7.26. The Morgan fingerprint density at radius 2 is 2.09 bits per heavy atom. The van der Waals surface area contributed by atoms with Crippen molar-refractivity contribution in [2.24, 2.45) is 0 Å². The van der Waals surface area contributed by atoms with Crippen LogP contribution in [0, 0.1) is 10.1 Å². The predicted octanol–water partition coefficient (Wildman–Crippen LogP) is 1.36. The molecule has 0 unspecified atom stereocenters. The van der Waals surface area contributed by atoms with Gasteiger partial charge in [-0.1, -0.05) is 13.0 Å². The average Bonchev–Trinajstić information content (AvgIpc) is 2.49. The molecule has 1 aromatic rings. The third kappa shape index (κ3) is 6.12. The number of nitro benzene ring substituents is 1. The van der Waals surface area contributed by atoms with E-state index in [1.807, 2.05) is 0 Å². The third-order valence-corrected chi connectivity index (χ3v) is 4.73. The molecule has 0 aliphatic carbocycles. The van der Waals surface area contributed by atoms with Gasteiger partial charge in [0, 0.05) is 25.7 Å². The molecule has 0 bridgehead atoms. The average molecular weight is 345 g/mol. The van der Waals surface area contributed by atoms with Crippen LogP contribution in [0.3, 0.4) is 0 Å². The van der Waals surface area contributed by atoms with Crippen LogP contribution in [0.25, 0.3) is 0 Å². The molecular weight excluding hydrogens is 322 g/mol. The first-order chi connectivity index (χ1) is 10.8. The van der Waals surface area contributed by atoms with E-state index < -0.39 is 14.9 Å². The Balaban J connectivity index is 2.48. The molecule has 1 aromatic carbocycles. The molecule has 0 amide bonds. The van der Waals surface area contributed by atoms with Gasteiger partial charge in [-0.2, -0.15) is 0 Å². The molecule has 0 aliphatic rings. The molecule has 1 N–H and O–H groups in total. The topological polar surface area (TPSA) is 102 Å². The van der Waals surface area contributed by atoms with E-state index >= 15 is 0 Å². The Morgan fingerprint density at radius 3 is 2.61 bits per heavy atom. The summed E-state index contributed by atoms with van der Waals surface area (Å²) in [5.41, 5.74) is 0.703. The summed E-state index contributed by atoms with van der Waals surface area (Å²) in [5.74, 6) is 0.227. The lowest BCUT2D eigenvalue weighted by Crippen LogP contribution is -2.32. The van der Waals surface area contributed by atoms with Crippen molar-refractivity contribution in [3.05, 3.63) is 33.9 Å². The molecule has 23 heavy (non-hydrogen) atoms. The second-order valence-electron chi connectivity index (χ2n) is 5.05. The van der Waals surface area contributed by atoms with Crippen LogP contribution >= 0.6 is 0 Å². The van der Waals surface area contributed by atoms with Gasteiger partial charge in [0.15, 0.2) is 5.75 Å². The summed E-state index contributed by atoms with van der Waals surface area (Å²) in [5, 5.41) is 14.1. The molecule has 0 atom stereocenters. The fourth-order valence-corrected chi connectivity index (χ4v) is 3.09. The Morgan fingerprint density at radius 1 is 1.39 bits per heavy atom. The van der Waals surface area contributed by atoms with Crippen molar-refractivity contribution in [2.75, 3.05) is 33.0 Å². The van der Waals surface area contributed by atoms with E-state index in [2.05, 4.69) is 5.32 Å². The highest BCUT2D eigenvalue weighted by Gasteiger charge is 2.15. The summed E-state index contributed by atoms with van der Waals surface area (Å²) in [6.07, 6.45) is 1.86. The summed E-state index contributed by atoms with van der Waals surface area (Å²) in [6, 6.07) is 4.80. The van der Waals surface area contributed by atoms with Crippen LogP contribution in [0.5, 0.6) is 5.75 Å². The molecule has 0 aromatic heterocycles. The summed E-state index contributed by atoms with van der Waals surface area (Å²) in [7, 11) is -1.77. The summed E-state index contributed by atoms with van der Waals surface area (Å²) < 4.78 is 29.2. The fraction of sp³-hybridized carbons (Fsp3) is 0.571. The number of hydrogen-bond acceptors (Lipinski definition) is 6. The molecular formula is C14H23N3O5S.